The maximum atomic E-state index is 6.28. The van der Waals surface area contributed by atoms with Crippen LogP contribution in [0.2, 0.25) is 0 Å². The van der Waals surface area contributed by atoms with Gasteiger partial charge in [0.2, 0.25) is 0 Å². The van der Waals surface area contributed by atoms with E-state index in [0.29, 0.717) is 6.10 Å². The van der Waals surface area contributed by atoms with E-state index in [2.05, 4.69) is 48.6 Å². The van der Waals surface area contributed by atoms with E-state index in [1.807, 2.05) is 0 Å². The predicted octanol–water partition coefficient (Wildman–Crippen LogP) is 2.45. The van der Waals surface area contributed by atoms with Gasteiger partial charge in [0.1, 0.15) is 6.10 Å². The fourth-order valence-corrected chi connectivity index (χ4v) is 3.82. The molecule has 0 radical (unpaired) electrons. The van der Waals surface area contributed by atoms with Crippen molar-refractivity contribution >= 4 is 12.2 Å². The first-order chi connectivity index (χ1) is 9.42. The second-order valence-corrected chi connectivity index (χ2v) is 5.61. The van der Waals surface area contributed by atoms with Crippen LogP contribution in [-0.2, 0) is 4.74 Å². The number of hydrogen-bond acceptors (Lipinski definition) is 1. The Balaban J connectivity index is 2.09. The van der Waals surface area contributed by atoms with Gasteiger partial charge in [-0.15, -0.1) is 0 Å². The average molecular weight is 246 g/mol. The molecule has 0 saturated carbocycles. The van der Waals surface area contributed by atoms with E-state index < -0.39 is 0 Å². The van der Waals surface area contributed by atoms with Gasteiger partial charge in [0, 0.05) is 0 Å². The molecular weight excluding hydrogens is 232 g/mol. The molecule has 0 saturated heterocycles. The molecule has 2 aromatic rings. The number of fused-ring (bicyclic) bond motifs is 1. The third kappa shape index (κ3) is 1.19. The molecule has 1 aliphatic heterocycles. The molecule has 0 bridgehead atoms. The van der Waals surface area contributed by atoms with Crippen molar-refractivity contribution in [2.24, 2.45) is 0 Å². The molecule has 1 heteroatoms. The summed E-state index contributed by atoms with van der Waals surface area (Å²) in [6.45, 7) is 0. The third-order valence-electron chi connectivity index (χ3n) is 4.61. The summed E-state index contributed by atoms with van der Waals surface area (Å²) >= 11 is 0. The van der Waals surface area contributed by atoms with Crippen LogP contribution < -0.4 is 10.4 Å². The first-order valence-electron chi connectivity index (χ1n) is 7.01. The normalized spacial score (nSPS) is 25.1. The minimum absolute atomic E-state index is 0.163. The Kier molecular flexibility index (Phi) is 1.77. The fourth-order valence-electron chi connectivity index (χ4n) is 3.82. The van der Waals surface area contributed by atoms with Crippen LogP contribution in [-0.4, -0.2) is 0 Å². The molecule has 0 spiro atoms. The third-order valence-corrected chi connectivity index (χ3v) is 4.61. The molecule has 2 unspecified atom stereocenters. The number of benzene rings is 2. The molecule has 5 rings (SSSR count). The predicted molar refractivity (Wildman–Crippen MR) is 74.5 cm³/mol. The minimum Gasteiger partial charge on any atom is -0.361 e. The van der Waals surface area contributed by atoms with Gasteiger partial charge in [-0.2, -0.15) is 0 Å². The van der Waals surface area contributed by atoms with Crippen molar-refractivity contribution in [3.8, 4) is 0 Å². The summed E-state index contributed by atoms with van der Waals surface area (Å²) in [6.07, 6.45) is 7.39. The van der Waals surface area contributed by atoms with Crippen LogP contribution in [0.5, 0.6) is 0 Å². The maximum absolute atomic E-state index is 6.28. The molecule has 0 amide bonds. The molecule has 19 heavy (non-hydrogen) atoms. The summed E-state index contributed by atoms with van der Waals surface area (Å²) in [4.78, 5) is 0. The summed E-state index contributed by atoms with van der Waals surface area (Å²) in [7, 11) is 0. The van der Waals surface area contributed by atoms with Gasteiger partial charge in [-0.3, -0.25) is 0 Å². The van der Waals surface area contributed by atoms with Crippen molar-refractivity contribution in [3.05, 3.63) is 68.4 Å². The first kappa shape index (κ1) is 9.99. The zero-order valence-electron chi connectivity index (χ0n) is 10.6. The van der Waals surface area contributed by atoms with E-state index in [9.17, 15) is 0 Å². The fraction of sp³-hybridized carbons (Fsp3) is 0.222. The highest BCUT2D eigenvalue weighted by molar-refractivity contribution is 5.53. The lowest BCUT2D eigenvalue weighted by atomic mass is 9.89. The summed E-state index contributed by atoms with van der Waals surface area (Å²) in [5.74, 6) is 0. The van der Waals surface area contributed by atoms with Gasteiger partial charge in [-0.1, -0.05) is 42.5 Å². The van der Waals surface area contributed by atoms with E-state index in [-0.39, 0.29) is 6.10 Å². The number of rotatable bonds is 0. The summed E-state index contributed by atoms with van der Waals surface area (Å²) in [5, 5.41) is 5.43. The first-order valence-corrected chi connectivity index (χ1v) is 7.01. The Hall–Kier alpha value is -1.86. The molecule has 2 atom stereocenters. The SMILES string of the molecule is C1=c2ccc3c4c2C(CC1)OC4C=c1ccccc1=3. The van der Waals surface area contributed by atoms with Gasteiger partial charge in [0.05, 0.1) is 6.10 Å². The minimum atomic E-state index is 0.163. The zero-order chi connectivity index (χ0) is 12.4. The van der Waals surface area contributed by atoms with E-state index >= 15 is 0 Å². The maximum Gasteiger partial charge on any atom is 0.103 e. The van der Waals surface area contributed by atoms with E-state index in [4.69, 9.17) is 4.74 Å². The van der Waals surface area contributed by atoms with E-state index in [0.717, 1.165) is 12.8 Å². The average Bonchev–Trinajstić information content (AvgIpc) is 2.83. The Morgan fingerprint density at radius 3 is 2.84 bits per heavy atom. The second kappa shape index (κ2) is 3.37. The Bertz CT molecular complexity index is 908. The molecular formula is C18H14O. The van der Waals surface area contributed by atoms with Crippen LogP contribution in [0.3, 0.4) is 0 Å². The van der Waals surface area contributed by atoms with Gasteiger partial charge in [-0.25, -0.2) is 0 Å². The van der Waals surface area contributed by atoms with Crippen LogP contribution in [0.25, 0.3) is 12.2 Å². The standard InChI is InChI=1S/C18H14O/c1-2-6-13-12(4-1)10-16-18-14(13)9-8-11-5-3-7-15(19-16)17(11)18/h1-2,4-6,8-10,15-16H,3,7H2. The van der Waals surface area contributed by atoms with Gasteiger partial charge >= 0.3 is 0 Å². The van der Waals surface area contributed by atoms with Crippen LogP contribution in [0, 0.1) is 10.4 Å². The molecule has 1 nitrogen and oxygen atoms in total. The molecule has 0 fully saturated rings. The Labute approximate surface area is 111 Å². The Morgan fingerprint density at radius 2 is 1.84 bits per heavy atom. The highest BCUT2D eigenvalue weighted by atomic mass is 16.5. The van der Waals surface area contributed by atoms with E-state index in [1.165, 1.54) is 32.0 Å². The second-order valence-electron chi connectivity index (χ2n) is 5.61. The molecule has 92 valence electrons. The van der Waals surface area contributed by atoms with Crippen molar-refractivity contribution in [2.45, 2.75) is 25.0 Å². The largest absolute Gasteiger partial charge is 0.361 e. The van der Waals surface area contributed by atoms with Crippen LogP contribution in [0.15, 0.2) is 36.4 Å². The molecule has 2 aliphatic carbocycles. The smallest absolute Gasteiger partial charge is 0.103 e. The molecule has 0 N–H and O–H groups in total. The molecule has 3 aliphatic rings. The quantitative estimate of drug-likeness (QED) is 0.694. The van der Waals surface area contributed by atoms with Crippen molar-refractivity contribution in [3.63, 3.8) is 0 Å². The van der Waals surface area contributed by atoms with Gasteiger partial charge in [0.15, 0.2) is 0 Å². The summed E-state index contributed by atoms with van der Waals surface area (Å²) in [6, 6.07) is 13.2. The molecule has 2 aromatic carbocycles. The van der Waals surface area contributed by atoms with Gasteiger partial charge < -0.3 is 4.74 Å². The van der Waals surface area contributed by atoms with Crippen molar-refractivity contribution in [1.29, 1.82) is 0 Å². The molecule has 0 aromatic heterocycles. The monoisotopic (exact) mass is 246 g/mol. The van der Waals surface area contributed by atoms with Crippen molar-refractivity contribution < 1.29 is 4.74 Å². The Morgan fingerprint density at radius 1 is 0.895 bits per heavy atom. The lowest BCUT2D eigenvalue weighted by Crippen LogP contribution is -2.17. The highest BCUT2D eigenvalue weighted by Gasteiger charge is 2.34. The number of hydrogen-bond donors (Lipinski definition) is 0. The van der Waals surface area contributed by atoms with Crippen LogP contribution >= 0.6 is 0 Å². The van der Waals surface area contributed by atoms with Crippen LogP contribution in [0.4, 0.5) is 0 Å². The summed E-state index contributed by atoms with van der Waals surface area (Å²) < 4.78 is 6.28. The van der Waals surface area contributed by atoms with Gasteiger partial charge in [0.25, 0.3) is 0 Å². The topological polar surface area (TPSA) is 9.23 Å². The van der Waals surface area contributed by atoms with Gasteiger partial charge in [-0.05, 0) is 50.9 Å². The lowest BCUT2D eigenvalue weighted by Gasteiger charge is -2.14. The van der Waals surface area contributed by atoms with Crippen molar-refractivity contribution in [1.82, 2.24) is 0 Å². The molecule has 1 heterocycles. The summed E-state index contributed by atoms with van der Waals surface area (Å²) in [5.41, 5.74) is 2.89. The van der Waals surface area contributed by atoms with E-state index in [1.54, 1.807) is 0 Å². The highest BCUT2D eigenvalue weighted by Crippen LogP contribution is 2.43. The van der Waals surface area contributed by atoms with Crippen molar-refractivity contribution in [2.75, 3.05) is 0 Å². The lowest BCUT2D eigenvalue weighted by molar-refractivity contribution is 0.0399. The van der Waals surface area contributed by atoms with Crippen LogP contribution in [0.1, 0.15) is 36.2 Å². The number of ether oxygens (including phenoxy) is 1. The zero-order valence-corrected chi connectivity index (χ0v) is 10.6.